The molecule has 3 N–H and O–H groups in total. The lowest BCUT2D eigenvalue weighted by Gasteiger charge is -2.20. The molecule has 1 aromatic heterocycles. The van der Waals surface area contributed by atoms with E-state index in [0.717, 1.165) is 25.1 Å². The second kappa shape index (κ2) is 8.85. The molecule has 0 aliphatic carbocycles. The highest BCUT2D eigenvalue weighted by atomic mass is 16.3. The maximum absolute atomic E-state index is 10.7. The van der Waals surface area contributed by atoms with Crippen molar-refractivity contribution in [2.24, 2.45) is 12.0 Å². The number of guanidine groups is 1. The van der Waals surface area contributed by atoms with E-state index in [2.05, 4.69) is 52.8 Å². The molecule has 0 bridgehead atoms. The summed E-state index contributed by atoms with van der Waals surface area (Å²) in [6, 6.07) is 6.61. The molecule has 1 aromatic carbocycles. The molecule has 0 aliphatic rings. The van der Waals surface area contributed by atoms with E-state index in [9.17, 15) is 5.11 Å². The zero-order valence-electron chi connectivity index (χ0n) is 16.5. The van der Waals surface area contributed by atoms with Crippen molar-refractivity contribution < 1.29 is 5.11 Å². The van der Waals surface area contributed by atoms with Crippen LogP contribution in [-0.2, 0) is 19.1 Å². The molecule has 2 aromatic rings. The summed E-state index contributed by atoms with van der Waals surface area (Å²) in [5.74, 6) is 0.709. The Labute approximate surface area is 156 Å². The van der Waals surface area contributed by atoms with Gasteiger partial charge in [0.05, 0.1) is 12.7 Å². The van der Waals surface area contributed by atoms with Crippen molar-refractivity contribution in [3.8, 4) is 0 Å². The Bertz CT molecular complexity index is 728. The molecule has 6 nitrogen and oxygen atoms in total. The van der Waals surface area contributed by atoms with Gasteiger partial charge >= 0.3 is 0 Å². The summed E-state index contributed by atoms with van der Waals surface area (Å²) in [6.45, 7) is 9.84. The average molecular weight is 358 g/mol. The van der Waals surface area contributed by atoms with E-state index >= 15 is 0 Å². The molecule has 6 heteroatoms. The highest BCUT2D eigenvalue weighted by molar-refractivity contribution is 5.79. The standard InChI is InChI=1S/C20H31N5O/c1-6-21-19(22-8-7-17-10-15(2)9-16(3)11-17)23-14-20(4,26)18-12-24-25(5)13-18/h9-13,26H,6-8,14H2,1-5H3,(H2,21,22,23). The number of aliphatic imine (C=N–C) groups is 1. The summed E-state index contributed by atoms with van der Waals surface area (Å²) in [6.07, 6.45) is 4.41. The van der Waals surface area contributed by atoms with Gasteiger partial charge in [-0.2, -0.15) is 5.10 Å². The molecule has 26 heavy (non-hydrogen) atoms. The number of aliphatic hydroxyl groups is 1. The molecule has 0 aliphatic heterocycles. The Hall–Kier alpha value is -2.34. The zero-order chi connectivity index (χ0) is 19.2. The first-order valence-corrected chi connectivity index (χ1v) is 9.11. The second-order valence-corrected chi connectivity index (χ2v) is 7.04. The molecule has 1 heterocycles. The molecule has 0 radical (unpaired) electrons. The zero-order valence-corrected chi connectivity index (χ0v) is 16.5. The minimum atomic E-state index is -1.05. The van der Waals surface area contributed by atoms with Crippen molar-refractivity contribution >= 4 is 5.96 Å². The van der Waals surface area contributed by atoms with Gasteiger partial charge in [-0.25, -0.2) is 4.99 Å². The highest BCUT2D eigenvalue weighted by Crippen LogP contribution is 2.19. The van der Waals surface area contributed by atoms with Gasteiger partial charge in [-0.15, -0.1) is 0 Å². The lowest BCUT2D eigenvalue weighted by molar-refractivity contribution is 0.0672. The van der Waals surface area contributed by atoms with Gasteiger partial charge in [0, 0.05) is 31.9 Å². The van der Waals surface area contributed by atoms with Gasteiger partial charge in [-0.05, 0) is 39.7 Å². The molecule has 0 fully saturated rings. The topological polar surface area (TPSA) is 74.5 Å². The Morgan fingerprint density at radius 3 is 2.50 bits per heavy atom. The summed E-state index contributed by atoms with van der Waals surface area (Å²) in [5.41, 5.74) is 3.59. The third-order valence-electron chi connectivity index (χ3n) is 4.20. The van der Waals surface area contributed by atoms with E-state index in [1.165, 1.54) is 16.7 Å². The van der Waals surface area contributed by atoms with Crippen LogP contribution < -0.4 is 10.6 Å². The molecule has 1 atom stereocenters. The average Bonchev–Trinajstić information content (AvgIpc) is 2.99. The minimum Gasteiger partial charge on any atom is -0.383 e. The van der Waals surface area contributed by atoms with E-state index in [1.807, 2.05) is 20.2 Å². The van der Waals surface area contributed by atoms with Crippen LogP contribution in [0.4, 0.5) is 0 Å². The van der Waals surface area contributed by atoms with Crippen molar-refractivity contribution in [3.05, 3.63) is 52.8 Å². The minimum absolute atomic E-state index is 0.261. The van der Waals surface area contributed by atoms with E-state index in [1.54, 1.807) is 17.8 Å². The maximum atomic E-state index is 10.7. The number of rotatable bonds is 7. The largest absolute Gasteiger partial charge is 0.383 e. The number of nitrogens with zero attached hydrogens (tertiary/aromatic N) is 3. The summed E-state index contributed by atoms with van der Waals surface area (Å²) >= 11 is 0. The molecular formula is C20H31N5O. The summed E-state index contributed by atoms with van der Waals surface area (Å²) in [5, 5.41) is 21.4. The van der Waals surface area contributed by atoms with Crippen LogP contribution in [0.3, 0.4) is 0 Å². The van der Waals surface area contributed by atoms with Gasteiger partial charge in [0.15, 0.2) is 5.96 Å². The number of nitrogens with one attached hydrogen (secondary N) is 2. The molecule has 0 spiro atoms. The quantitative estimate of drug-likeness (QED) is 0.524. The Balaban J connectivity index is 1.95. The van der Waals surface area contributed by atoms with Crippen molar-refractivity contribution in [1.82, 2.24) is 20.4 Å². The van der Waals surface area contributed by atoms with Crippen LogP contribution in [0.15, 0.2) is 35.6 Å². The smallest absolute Gasteiger partial charge is 0.191 e. The number of hydrogen-bond donors (Lipinski definition) is 3. The highest BCUT2D eigenvalue weighted by Gasteiger charge is 2.24. The van der Waals surface area contributed by atoms with Crippen LogP contribution in [0.25, 0.3) is 0 Å². The molecule has 0 saturated carbocycles. The molecule has 142 valence electrons. The van der Waals surface area contributed by atoms with Gasteiger partial charge in [0.2, 0.25) is 0 Å². The van der Waals surface area contributed by atoms with Crippen LogP contribution >= 0.6 is 0 Å². The fraction of sp³-hybridized carbons (Fsp3) is 0.500. The van der Waals surface area contributed by atoms with E-state index in [4.69, 9.17) is 0 Å². The number of aromatic nitrogens is 2. The molecule has 1 unspecified atom stereocenters. The van der Waals surface area contributed by atoms with Gasteiger partial charge in [-0.1, -0.05) is 29.3 Å². The van der Waals surface area contributed by atoms with Crippen LogP contribution in [-0.4, -0.2) is 40.5 Å². The SMILES string of the molecule is CCNC(=NCC(C)(O)c1cnn(C)c1)NCCc1cc(C)cc(C)c1. The monoisotopic (exact) mass is 357 g/mol. The number of hydrogen-bond acceptors (Lipinski definition) is 3. The van der Waals surface area contributed by atoms with Crippen LogP contribution in [0.1, 0.15) is 36.1 Å². The van der Waals surface area contributed by atoms with Crippen molar-refractivity contribution in [3.63, 3.8) is 0 Å². The summed E-state index contributed by atoms with van der Waals surface area (Å²) < 4.78 is 1.68. The lowest BCUT2D eigenvalue weighted by Crippen LogP contribution is -2.39. The third-order valence-corrected chi connectivity index (χ3v) is 4.20. The number of benzene rings is 1. The summed E-state index contributed by atoms with van der Waals surface area (Å²) in [4.78, 5) is 4.54. The van der Waals surface area contributed by atoms with Crippen LogP contribution in [0.5, 0.6) is 0 Å². The first-order valence-electron chi connectivity index (χ1n) is 9.11. The van der Waals surface area contributed by atoms with Gasteiger partial charge in [0.25, 0.3) is 0 Å². The summed E-state index contributed by atoms with van der Waals surface area (Å²) in [7, 11) is 1.83. The third kappa shape index (κ3) is 5.88. The van der Waals surface area contributed by atoms with Gasteiger partial charge < -0.3 is 15.7 Å². The van der Waals surface area contributed by atoms with Crippen LogP contribution in [0, 0.1) is 13.8 Å². The first kappa shape index (κ1) is 20.0. The van der Waals surface area contributed by atoms with E-state index in [-0.39, 0.29) is 6.54 Å². The molecule has 0 amide bonds. The number of aryl methyl sites for hydroxylation is 3. The fourth-order valence-corrected chi connectivity index (χ4v) is 2.90. The van der Waals surface area contributed by atoms with Gasteiger partial charge in [0.1, 0.15) is 5.60 Å². The predicted octanol–water partition coefficient (Wildman–Crippen LogP) is 2.04. The second-order valence-electron chi connectivity index (χ2n) is 7.04. The van der Waals surface area contributed by atoms with E-state index < -0.39 is 5.60 Å². The molecule has 0 saturated heterocycles. The van der Waals surface area contributed by atoms with Crippen molar-refractivity contribution in [2.45, 2.75) is 39.7 Å². The van der Waals surface area contributed by atoms with Gasteiger partial charge in [-0.3, -0.25) is 4.68 Å². The fourth-order valence-electron chi connectivity index (χ4n) is 2.90. The predicted molar refractivity (Wildman–Crippen MR) is 106 cm³/mol. The lowest BCUT2D eigenvalue weighted by atomic mass is 10.0. The van der Waals surface area contributed by atoms with E-state index in [0.29, 0.717) is 5.96 Å². The first-order chi connectivity index (χ1) is 12.3. The Kier molecular flexibility index (Phi) is 6.80. The molecule has 2 rings (SSSR count). The van der Waals surface area contributed by atoms with Crippen LogP contribution in [0.2, 0.25) is 0 Å². The van der Waals surface area contributed by atoms with Crippen molar-refractivity contribution in [2.75, 3.05) is 19.6 Å². The Morgan fingerprint density at radius 2 is 1.92 bits per heavy atom. The van der Waals surface area contributed by atoms with Crippen molar-refractivity contribution in [1.29, 1.82) is 0 Å². The Morgan fingerprint density at radius 1 is 1.23 bits per heavy atom. The maximum Gasteiger partial charge on any atom is 0.191 e. The normalized spacial score (nSPS) is 14.2. The molecular weight excluding hydrogens is 326 g/mol.